The molecule has 1 aliphatic rings. The molecule has 2 aromatic rings. The lowest BCUT2D eigenvalue weighted by atomic mass is 9.85. The Kier molecular flexibility index (Phi) is 2.88. The first-order valence-corrected chi connectivity index (χ1v) is 6.23. The summed E-state index contributed by atoms with van der Waals surface area (Å²) in [5.41, 5.74) is 5.06. The van der Waals surface area contributed by atoms with Gasteiger partial charge in [-0.15, -0.1) is 6.42 Å². The minimum absolute atomic E-state index is 0.406. The van der Waals surface area contributed by atoms with E-state index in [2.05, 4.69) is 47.6 Å². The van der Waals surface area contributed by atoms with E-state index in [-0.39, 0.29) is 0 Å². The molecule has 3 rings (SSSR count). The van der Waals surface area contributed by atoms with E-state index < -0.39 is 0 Å². The highest BCUT2D eigenvalue weighted by atomic mass is 14.9. The van der Waals surface area contributed by atoms with Crippen LogP contribution in [0, 0.1) is 12.3 Å². The van der Waals surface area contributed by atoms with E-state index in [0.717, 1.165) is 18.7 Å². The maximum atomic E-state index is 5.48. The van der Waals surface area contributed by atoms with Gasteiger partial charge >= 0.3 is 0 Å². The largest absolute Gasteiger partial charge is 0.312 e. The van der Waals surface area contributed by atoms with Gasteiger partial charge in [0.15, 0.2) is 0 Å². The highest BCUT2D eigenvalue weighted by Crippen LogP contribution is 2.30. The van der Waals surface area contributed by atoms with Crippen molar-refractivity contribution in [1.82, 2.24) is 5.32 Å². The fourth-order valence-corrected chi connectivity index (χ4v) is 2.64. The predicted octanol–water partition coefficient (Wildman–Crippen LogP) is 2.90. The fourth-order valence-electron chi connectivity index (χ4n) is 2.64. The zero-order valence-electron chi connectivity index (χ0n) is 10.2. The number of fused-ring (bicyclic) bond motifs is 1. The van der Waals surface area contributed by atoms with Crippen LogP contribution >= 0.6 is 0 Å². The zero-order chi connectivity index (χ0) is 12.4. The lowest BCUT2D eigenvalue weighted by molar-refractivity contribution is 0.591. The number of hydrogen-bond donors (Lipinski definition) is 1. The van der Waals surface area contributed by atoms with Crippen LogP contribution in [0.5, 0.6) is 0 Å². The van der Waals surface area contributed by atoms with Crippen LogP contribution in [0.25, 0.3) is 0 Å². The first-order chi connectivity index (χ1) is 8.88. The normalized spacial score (nSPS) is 17.8. The molecule has 0 amide bonds. The van der Waals surface area contributed by atoms with Crippen LogP contribution in [-0.2, 0) is 6.54 Å². The van der Waals surface area contributed by atoms with Crippen molar-refractivity contribution in [2.45, 2.75) is 12.5 Å². The smallest absolute Gasteiger partial charge is 0.0245 e. The molecule has 2 aromatic carbocycles. The summed E-state index contributed by atoms with van der Waals surface area (Å²) in [5.74, 6) is 3.12. The third kappa shape index (κ3) is 1.92. The summed E-state index contributed by atoms with van der Waals surface area (Å²) < 4.78 is 0. The van der Waals surface area contributed by atoms with Gasteiger partial charge in [-0.25, -0.2) is 0 Å². The van der Waals surface area contributed by atoms with E-state index in [9.17, 15) is 0 Å². The van der Waals surface area contributed by atoms with Crippen molar-refractivity contribution >= 4 is 0 Å². The Labute approximate surface area is 108 Å². The average molecular weight is 233 g/mol. The summed E-state index contributed by atoms with van der Waals surface area (Å²) >= 11 is 0. The Morgan fingerprint density at radius 3 is 2.89 bits per heavy atom. The van der Waals surface area contributed by atoms with Crippen molar-refractivity contribution in [2.24, 2.45) is 0 Å². The van der Waals surface area contributed by atoms with E-state index in [1.54, 1.807) is 0 Å². The Morgan fingerprint density at radius 2 is 2.00 bits per heavy atom. The Hall–Kier alpha value is -2.04. The third-order valence-corrected chi connectivity index (χ3v) is 3.55. The van der Waals surface area contributed by atoms with Crippen LogP contribution < -0.4 is 5.32 Å². The number of hydrogen-bond acceptors (Lipinski definition) is 1. The molecule has 88 valence electrons. The molecule has 0 fully saturated rings. The minimum Gasteiger partial charge on any atom is -0.312 e. The van der Waals surface area contributed by atoms with Gasteiger partial charge in [-0.3, -0.25) is 0 Å². The third-order valence-electron chi connectivity index (χ3n) is 3.55. The van der Waals surface area contributed by atoms with E-state index in [0.29, 0.717) is 5.92 Å². The molecule has 0 unspecified atom stereocenters. The Balaban J connectivity index is 2.06. The molecule has 1 atom stereocenters. The summed E-state index contributed by atoms with van der Waals surface area (Å²) in [6, 6.07) is 16.9. The van der Waals surface area contributed by atoms with Gasteiger partial charge in [0.1, 0.15) is 0 Å². The fraction of sp³-hybridized carbons (Fsp3) is 0.176. The quantitative estimate of drug-likeness (QED) is 0.747. The van der Waals surface area contributed by atoms with E-state index >= 15 is 0 Å². The summed E-state index contributed by atoms with van der Waals surface area (Å²) in [7, 11) is 0. The van der Waals surface area contributed by atoms with Crippen molar-refractivity contribution in [2.75, 3.05) is 6.54 Å². The van der Waals surface area contributed by atoms with Crippen LogP contribution in [0.1, 0.15) is 28.2 Å². The molecule has 1 N–H and O–H groups in total. The van der Waals surface area contributed by atoms with Crippen LogP contribution in [0.15, 0.2) is 48.5 Å². The lowest BCUT2D eigenvalue weighted by Gasteiger charge is -2.26. The number of nitrogens with one attached hydrogen (secondary N) is 1. The van der Waals surface area contributed by atoms with Crippen molar-refractivity contribution < 1.29 is 0 Å². The van der Waals surface area contributed by atoms with Crippen LogP contribution in [0.4, 0.5) is 0 Å². The van der Waals surface area contributed by atoms with Gasteiger partial charge in [0.05, 0.1) is 0 Å². The zero-order valence-corrected chi connectivity index (χ0v) is 10.2. The standard InChI is InChI=1S/C17H15N/c1-2-13-6-5-8-14(10-13)17-12-18-11-15-7-3-4-9-16(15)17/h1,3-10,17-18H,11-12H2/t17-/m0/s1. The van der Waals surface area contributed by atoms with E-state index in [1.807, 2.05) is 12.1 Å². The second-order valence-corrected chi connectivity index (χ2v) is 4.65. The SMILES string of the molecule is C#Cc1cccc([C@@H]2CNCc3ccccc32)c1. The molecule has 1 heterocycles. The van der Waals surface area contributed by atoms with Gasteiger partial charge in [-0.2, -0.15) is 0 Å². The van der Waals surface area contributed by atoms with Crippen LogP contribution in [0.3, 0.4) is 0 Å². The highest BCUT2D eigenvalue weighted by Gasteiger charge is 2.20. The molecule has 0 saturated carbocycles. The van der Waals surface area contributed by atoms with E-state index in [4.69, 9.17) is 6.42 Å². The second-order valence-electron chi connectivity index (χ2n) is 4.65. The van der Waals surface area contributed by atoms with Gasteiger partial charge < -0.3 is 5.32 Å². The van der Waals surface area contributed by atoms with Gasteiger partial charge in [-0.05, 0) is 28.8 Å². The first-order valence-electron chi connectivity index (χ1n) is 6.23. The van der Waals surface area contributed by atoms with Crippen molar-refractivity contribution in [3.63, 3.8) is 0 Å². The molecule has 0 aromatic heterocycles. The summed E-state index contributed by atoms with van der Waals surface area (Å²) in [6.07, 6.45) is 5.48. The van der Waals surface area contributed by atoms with Crippen LogP contribution in [-0.4, -0.2) is 6.54 Å². The molecule has 1 heteroatoms. The number of benzene rings is 2. The monoisotopic (exact) mass is 233 g/mol. The van der Waals surface area contributed by atoms with Gasteiger partial charge in [0, 0.05) is 24.6 Å². The second kappa shape index (κ2) is 4.68. The molecule has 1 aliphatic heterocycles. The maximum Gasteiger partial charge on any atom is 0.0245 e. The molecule has 0 spiro atoms. The van der Waals surface area contributed by atoms with Crippen molar-refractivity contribution in [3.8, 4) is 12.3 Å². The van der Waals surface area contributed by atoms with Crippen LogP contribution in [0.2, 0.25) is 0 Å². The average Bonchev–Trinajstić information content (AvgIpc) is 2.47. The van der Waals surface area contributed by atoms with Crippen molar-refractivity contribution in [1.29, 1.82) is 0 Å². The number of rotatable bonds is 1. The summed E-state index contributed by atoms with van der Waals surface area (Å²) in [6.45, 7) is 1.94. The molecule has 0 aliphatic carbocycles. The molecular formula is C17H15N. The van der Waals surface area contributed by atoms with Gasteiger partial charge in [-0.1, -0.05) is 42.3 Å². The topological polar surface area (TPSA) is 12.0 Å². The predicted molar refractivity (Wildman–Crippen MR) is 74.4 cm³/mol. The Bertz CT molecular complexity index is 607. The van der Waals surface area contributed by atoms with Crippen molar-refractivity contribution in [3.05, 3.63) is 70.8 Å². The minimum atomic E-state index is 0.406. The first kappa shape index (κ1) is 11.1. The van der Waals surface area contributed by atoms with E-state index in [1.165, 1.54) is 16.7 Å². The summed E-state index contributed by atoms with van der Waals surface area (Å²) in [5, 5.41) is 3.48. The van der Waals surface area contributed by atoms with Gasteiger partial charge in [0.25, 0.3) is 0 Å². The molecule has 0 saturated heterocycles. The molecule has 1 nitrogen and oxygen atoms in total. The lowest BCUT2D eigenvalue weighted by Crippen LogP contribution is -2.28. The molecule has 0 radical (unpaired) electrons. The maximum absolute atomic E-state index is 5.48. The van der Waals surface area contributed by atoms with Gasteiger partial charge in [0.2, 0.25) is 0 Å². The Morgan fingerprint density at radius 1 is 1.11 bits per heavy atom. The molecule has 0 bridgehead atoms. The highest BCUT2D eigenvalue weighted by molar-refractivity contribution is 5.44. The molecule has 18 heavy (non-hydrogen) atoms. The summed E-state index contributed by atoms with van der Waals surface area (Å²) in [4.78, 5) is 0. The molecular weight excluding hydrogens is 218 g/mol. The number of terminal acetylenes is 1.